The van der Waals surface area contributed by atoms with Crippen molar-refractivity contribution in [2.45, 2.75) is 64.5 Å². The highest BCUT2D eigenvalue weighted by Gasteiger charge is 2.50. The summed E-state index contributed by atoms with van der Waals surface area (Å²) in [4.78, 5) is 12.1. The minimum Gasteiger partial charge on any atom is -0.393 e. The van der Waals surface area contributed by atoms with Crippen molar-refractivity contribution in [2.24, 2.45) is 0 Å². The van der Waals surface area contributed by atoms with Crippen LogP contribution in [-0.4, -0.2) is 31.3 Å². The lowest BCUT2D eigenvalue weighted by molar-refractivity contribution is -0.118. The van der Waals surface area contributed by atoms with E-state index in [1.165, 1.54) is 0 Å². The van der Waals surface area contributed by atoms with Crippen LogP contribution in [0.1, 0.15) is 40.2 Å². The minimum atomic E-state index is -2.18. The lowest BCUT2D eigenvalue weighted by atomic mass is 10.2. The van der Waals surface area contributed by atoms with Crippen molar-refractivity contribution in [2.75, 3.05) is 6.23 Å². The lowest BCUT2D eigenvalue weighted by Crippen LogP contribution is -2.55. The summed E-state index contributed by atoms with van der Waals surface area (Å²) in [5.41, 5.74) is 0.826. The molecular formula is C18H30O3Si. The van der Waals surface area contributed by atoms with Crippen molar-refractivity contribution < 1.29 is 14.6 Å². The van der Waals surface area contributed by atoms with E-state index in [4.69, 9.17) is 4.74 Å². The number of benzene rings is 1. The van der Waals surface area contributed by atoms with Crippen LogP contribution >= 0.6 is 0 Å². The molecule has 0 heterocycles. The quantitative estimate of drug-likeness (QED) is 0.773. The summed E-state index contributed by atoms with van der Waals surface area (Å²) in [7, 11) is -2.18. The molecule has 1 N–H and O–H groups in total. The zero-order chi connectivity index (χ0) is 17.0. The molecule has 0 radical (unpaired) electrons. The van der Waals surface area contributed by atoms with Crippen LogP contribution in [0, 0.1) is 0 Å². The largest absolute Gasteiger partial charge is 0.393 e. The van der Waals surface area contributed by atoms with Gasteiger partial charge in [0.15, 0.2) is 0 Å². The Morgan fingerprint density at radius 3 is 2.23 bits per heavy atom. The number of aliphatic hydroxyl groups is 1. The molecule has 0 aliphatic heterocycles. The van der Waals surface area contributed by atoms with Crippen molar-refractivity contribution >= 4 is 13.9 Å². The molecule has 0 aliphatic rings. The molecule has 0 unspecified atom stereocenters. The van der Waals surface area contributed by atoms with Gasteiger partial charge in [-0.3, -0.25) is 4.79 Å². The maximum atomic E-state index is 12.1. The summed E-state index contributed by atoms with van der Waals surface area (Å²) in [6, 6.07) is 10.0. The second-order valence-electron chi connectivity index (χ2n) is 7.47. The summed E-state index contributed by atoms with van der Waals surface area (Å²) < 4.78 is 5.99. The molecule has 0 saturated carbocycles. The number of ketones is 1. The Morgan fingerprint density at radius 1 is 1.27 bits per heavy atom. The Bertz CT molecular complexity index is 479. The molecule has 22 heavy (non-hydrogen) atoms. The van der Waals surface area contributed by atoms with E-state index in [9.17, 15) is 9.90 Å². The van der Waals surface area contributed by atoms with Gasteiger partial charge in [-0.1, -0.05) is 57.7 Å². The van der Waals surface area contributed by atoms with Crippen molar-refractivity contribution in [3.05, 3.63) is 35.9 Å². The molecule has 3 atom stereocenters. The summed E-state index contributed by atoms with van der Waals surface area (Å²) >= 11 is 0. The molecule has 4 heteroatoms. The highest BCUT2D eigenvalue weighted by Crippen LogP contribution is 2.45. The lowest BCUT2D eigenvalue weighted by Gasteiger charge is -2.45. The second-order valence-corrected chi connectivity index (χ2v) is 12.7. The number of hydrogen-bond acceptors (Lipinski definition) is 3. The van der Waals surface area contributed by atoms with Crippen molar-refractivity contribution in [1.82, 2.24) is 0 Å². The molecule has 0 spiro atoms. The Balaban J connectivity index is 2.91. The van der Waals surface area contributed by atoms with E-state index in [2.05, 4.69) is 27.3 Å². The van der Waals surface area contributed by atoms with Gasteiger partial charge in [-0.05, 0) is 24.4 Å². The highest BCUT2D eigenvalue weighted by molar-refractivity contribution is 6.85. The molecule has 1 aromatic rings. The molecule has 0 bridgehead atoms. The van der Waals surface area contributed by atoms with Crippen LogP contribution in [0.25, 0.3) is 0 Å². The molecule has 124 valence electrons. The predicted octanol–water partition coefficient (Wildman–Crippen LogP) is 3.96. The van der Waals surface area contributed by atoms with Crippen LogP contribution in [-0.2, 0) is 16.1 Å². The Hall–Kier alpha value is -0.973. The molecule has 0 saturated heterocycles. The van der Waals surface area contributed by atoms with Crippen LogP contribution in [0.15, 0.2) is 30.3 Å². The monoisotopic (exact) mass is 322 g/mol. The zero-order valence-corrected chi connectivity index (χ0v) is 15.7. The van der Waals surface area contributed by atoms with Gasteiger partial charge >= 0.3 is 0 Å². The third-order valence-corrected chi connectivity index (χ3v) is 11.3. The van der Waals surface area contributed by atoms with Crippen LogP contribution in [0.4, 0.5) is 0 Å². The normalized spacial score (nSPS) is 17.6. The van der Waals surface area contributed by atoms with E-state index in [1.54, 1.807) is 13.8 Å². The maximum Gasteiger partial charge on any atom is 0.132 e. The Labute approximate surface area is 135 Å². The Morgan fingerprint density at radius 2 is 1.82 bits per heavy atom. The van der Waals surface area contributed by atoms with Gasteiger partial charge in [0.05, 0.1) is 20.8 Å². The van der Waals surface area contributed by atoms with E-state index >= 15 is 0 Å². The van der Waals surface area contributed by atoms with Gasteiger partial charge in [0.1, 0.15) is 5.78 Å². The third kappa shape index (κ3) is 4.51. The van der Waals surface area contributed by atoms with Crippen molar-refractivity contribution in [3.63, 3.8) is 0 Å². The van der Waals surface area contributed by atoms with Crippen LogP contribution in [0.2, 0.25) is 17.1 Å². The number of aliphatic hydroxyl groups excluding tert-OH is 1. The summed E-state index contributed by atoms with van der Waals surface area (Å²) in [5.74, 6) is 0.0717. The fourth-order valence-electron chi connectivity index (χ4n) is 3.05. The van der Waals surface area contributed by atoms with E-state index in [0.717, 1.165) is 5.56 Å². The smallest absolute Gasteiger partial charge is 0.132 e. The van der Waals surface area contributed by atoms with Gasteiger partial charge in [0, 0.05) is 11.8 Å². The Kier molecular flexibility index (Phi) is 6.53. The first-order valence-corrected chi connectivity index (χ1v) is 10.7. The van der Waals surface area contributed by atoms with Gasteiger partial charge in [0.2, 0.25) is 0 Å². The molecule has 1 rings (SSSR count). The van der Waals surface area contributed by atoms with Gasteiger partial charge in [-0.25, -0.2) is 0 Å². The minimum absolute atomic E-state index is 0.0307. The summed E-state index contributed by atoms with van der Waals surface area (Å²) in [6.45, 7) is 12.5. The molecule has 0 fully saturated rings. The number of hydrogen-bond donors (Lipinski definition) is 1. The van der Waals surface area contributed by atoms with E-state index in [1.807, 2.05) is 30.3 Å². The van der Waals surface area contributed by atoms with Crippen LogP contribution < -0.4 is 0 Å². The number of carbonyl (C=O) groups is 1. The molecule has 3 nitrogen and oxygen atoms in total. The second kappa shape index (κ2) is 7.53. The molecule has 0 aromatic heterocycles. The number of Topliss-reactive ketones (excluding diaryl/α,β-unsaturated/α-hetero) is 1. The average molecular weight is 323 g/mol. The molecular weight excluding hydrogens is 292 g/mol. The van der Waals surface area contributed by atoms with Gasteiger partial charge < -0.3 is 9.84 Å². The first-order chi connectivity index (χ1) is 10.1. The molecule has 1 aromatic carbocycles. The first kappa shape index (κ1) is 19.1. The van der Waals surface area contributed by atoms with Crippen molar-refractivity contribution in [3.8, 4) is 0 Å². The van der Waals surface area contributed by atoms with Crippen LogP contribution in [0.5, 0.6) is 0 Å². The van der Waals surface area contributed by atoms with Gasteiger partial charge in [-0.15, -0.1) is 0 Å². The number of ether oxygens (including phenoxy) is 1. The molecule has 0 aliphatic carbocycles. The molecule has 0 amide bonds. The topological polar surface area (TPSA) is 46.5 Å². The SMILES string of the molecule is CC(=O)[C@@H]([C@H](C)O)[Si@@](C)(COCc1ccccc1)C(C)(C)C. The highest BCUT2D eigenvalue weighted by atomic mass is 28.3. The summed E-state index contributed by atoms with van der Waals surface area (Å²) in [6.07, 6.45) is -0.0608. The zero-order valence-electron chi connectivity index (χ0n) is 14.7. The van der Waals surface area contributed by atoms with Crippen LogP contribution in [0.3, 0.4) is 0 Å². The number of carbonyl (C=O) groups excluding carboxylic acids is 1. The maximum absolute atomic E-state index is 12.1. The van der Waals surface area contributed by atoms with Gasteiger partial charge in [0.25, 0.3) is 0 Å². The average Bonchev–Trinajstić information content (AvgIpc) is 2.37. The van der Waals surface area contributed by atoms with Gasteiger partial charge in [-0.2, -0.15) is 0 Å². The third-order valence-electron chi connectivity index (χ3n) is 4.83. The summed E-state index contributed by atoms with van der Waals surface area (Å²) in [5, 5.41) is 10.1. The fourth-order valence-corrected chi connectivity index (χ4v) is 7.08. The van der Waals surface area contributed by atoms with E-state index in [0.29, 0.717) is 12.8 Å². The van der Waals surface area contributed by atoms with Crippen molar-refractivity contribution in [1.29, 1.82) is 0 Å². The van der Waals surface area contributed by atoms with E-state index < -0.39 is 14.2 Å². The standard InChI is InChI=1S/C18H30O3Si/c1-14(19)17(15(2)20)22(6,18(3,4)5)13-21-12-16-10-8-7-9-11-16/h7-11,14,17,19H,12-13H2,1-6H3/t14-,17+,22+/m0/s1. The predicted molar refractivity (Wildman–Crippen MR) is 93.5 cm³/mol. The first-order valence-electron chi connectivity index (χ1n) is 7.90. The van der Waals surface area contributed by atoms with E-state index in [-0.39, 0.29) is 16.4 Å². The number of rotatable bonds is 7. The fraction of sp³-hybridized carbons (Fsp3) is 0.611.